The van der Waals surface area contributed by atoms with Crippen molar-refractivity contribution in [3.63, 3.8) is 0 Å². The summed E-state index contributed by atoms with van der Waals surface area (Å²) in [5.74, 6) is 0.608. The Balaban J connectivity index is 2.10. The molecule has 0 saturated carbocycles. The molecule has 0 atom stereocenters. The molecule has 3 heteroatoms. The molecular formula is C23H23NOS. The Labute approximate surface area is 159 Å². The van der Waals surface area contributed by atoms with Gasteiger partial charge in [-0.25, -0.2) is 0 Å². The summed E-state index contributed by atoms with van der Waals surface area (Å²) in [7, 11) is 0. The molecule has 0 aliphatic heterocycles. The lowest BCUT2D eigenvalue weighted by atomic mass is 9.84. The zero-order valence-electron chi connectivity index (χ0n) is 14.7. The van der Waals surface area contributed by atoms with Crippen molar-refractivity contribution >= 4 is 17.7 Å². The molecule has 0 spiro atoms. The predicted molar refractivity (Wildman–Crippen MR) is 110 cm³/mol. The first-order valence-corrected chi connectivity index (χ1v) is 9.81. The number of thioether (sulfide) groups is 1. The first kappa shape index (κ1) is 18.3. The second-order valence-corrected chi connectivity index (χ2v) is 7.51. The highest BCUT2D eigenvalue weighted by Gasteiger charge is 2.36. The summed E-state index contributed by atoms with van der Waals surface area (Å²) in [4.78, 5) is 11.1. The summed E-state index contributed by atoms with van der Waals surface area (Å²) >= 11 is 1.86. The van der Waals surface area contributed by atoms with Crippen LogP contribution in [0.15, 0.2) is 91.0 Å². The van der Waals surface area contributed by atoms with E-state index in [1.54, 1.807) is 0 Å². The molecule has 0 saturated heterocycles. The Morgan fingerprint density at radius 2 is 1.12 bits per heavy atom. The van der Waals surface area contributed by atoms with Crippen LogP contribution in [0.3, 0.4) is 0 Å². The van der Waals surface area contributed by atoms with E-state index in [-0.39, 0.29) is 10.7 Å². The number of hydrogen-bond acceptors (Lipinski definition) is 2. The molecule has 26 heavy (non-hydrogen) atoms. The molecule has 3 aromatic rings. The van der Waals surface area contributed by atoms with Crippen molar-refractivity contribution in [1.29, 1.82) is 0 Å². The second kappa shape index (κ2) is 8.72. The molecule has 0 aromatic heterocycles. The standard InChI is InChI=1S/C23H23NOS/c24-22(25)17-10-18-26-23(19-11-4-1-5-12-19,20-13-6-2-7-14-20)21-15-8-3-9-16-21/h1-9,11-16H,10,17-18H2,(H2,24,25). The molecule has 0 bridgehead atoms. The van der Waals surface area contributed by atoms with E-state index >= 15 is 0 Å². The maximum Gasteiger partial charge on any atom is 0.217 e. The minimum atomic E-state index is -0.318. The molecule has 2 N–H and O–H groups in total. The number of benzene rings is 3. The highest BCUT2D eigenvalue weighted by atomic mass is 32.2. The first-order valence-electron chi connectivity index (χ1n) is 8.82. The van der Waals surface area contributed by atoms with Crippen molar-refractivity contribution < 1.29 is 4.79 Å². The third kappa shape index (κ3) is 4.00. The topological polar surface area (TPSA) is 43.1 Å². The van der Waals surface area contributed by atoms with Crippen molar-refractivity contribution in [2.24, 2.45) is 5.73 Å². The third-order valence-corrected chi connectivity index (χ3v) is 6.06. The van der Waals surface area contributed by atoms with Crippen molar-refractivity contribution in [3.8, 4) is 0 Å². The molecule has 0 fully saturated rings. The zero-order valence-corrected chi connectivity index (χ0v) is 15.5. The molecule has 1 amide bonds. The lowest BCUT2D eigenvalue weighted by Gasteiger charge is -2.35. The Morgan fingerprint density at radius 1 is 0.731 bits per heavy atom. The largest absolute Gasteiger partial charge is 0.370 e. The van der Waals surface area contributed by atoms with Crippen molar-refractivity contribution in [1.82, 2.24) is 0 Å². The van der Waals surface area contributed by atoms with Crippen LogP contribution >= 0.6 is 11.8 Å². The van der Waals surface area contributed by atoms with Crippen LogP contribution in [0.5, 0.6) is 0 Å². The molecule has 0 aliphatic carbocycles. The average Bonchev–Trinajstić information content (AvgIpc) is 2.70. The summed E-state index contributed by atoms with van der Waals surface area (Å²) < 4.78 is -0.318. The molecule has 0 heterocycles. The molecule has 0 aliphatic rings. The fraction of sp³-hybridized carbons (Fsp3) is 0.174. The van der Waals surface area contributed by atoms with E-state index in [4.69, 9.17) is 5.73 Å². The number of hydrogen-bond donors (Lipinski definition) is 1. The molecule has 0 radical (unpaired) electrons. The highest BCUT2D eigenvalue weighted by molar-refractivity contribution is 8.00. The van der Waals surface area contributed by atoms with Crippen LogP contribution < -0.4 is 5.73 Å². The van der Waals surface area contributed by atoms with E-state index in [1.165, 1.54) is 16.7 Å². The fourth-order valence-electron chi connectivity index (χ4n) is 3.24. The number of amides is 1. The van der Waals surface area contributed by atoms with Gasteiger partial charge < -0.3 is 5.73 Å². The van der Waals surface area contributed by atoms with E-state index in [0.29, 0.717) is 6.42 Å². The summed E-state index contributed by atoms with van der Waals surface area (Å²) in [6.07, 6.45) is 1.19. The van der Waals surface area contributed by atoms with Gasteiger partial charge in [-0.1, -0.05) is 91.0 Å². The maximum atomic E-state index is 11.1. The van der Waals surface area contributed by atoms with Gasteiger partial charge in [0.05, 0.1) is 4.75 Å². The van der Waals surface area contributed by atoms with Crippen molar-refractivity contribution in [2.75, 3.05) is 5.75 Å². The smallest absolute Gasteiger partial charge is 0.217 e. The van der Waals surface area contributed by atoms with Gasteiger partial charge in [-0.15, -0.1) is 11.8 Å². The lowest BCUT2D eigenvalue weighted by Crippen LogP contribution is -2.26. The minimum Gasteiger partial charge on any atom is -0.370 e. The number of carbonyl (C=O) groups excluding carboxylic acids is 1. The Hall–Kier alpha value is -2.52. The van der Waals surface area contributed by atoms with Gasteiger partial charge in [0.15, 0.2) is 0 Å². The van der Waals surface area contributed by atoms with Gasteiger partial charge in [-0.05, 0) is 28.9 Å². The van der Waals surface area contributed by atoms with Gasteiger partial charge in [0.1, 0.15) is 0 Å². The average molecular weight is 362 g/mol. The van der Waals surface area contributed by atoms with Crippen LogP contribution in [0.2, 0.25) is 0 Å². The van der Waals surface area contributed by atoms with Gasteiger partial charge in [0.2, 0.25) is 5.91 Å². The monoisotopic (exact) mass is 361 g/mol. The zero-order chi connectivity index (χ0) is 18.2. The van der Waals surface area contributed by atoms with E-state index < -0.39 is 0 Å². The number of nitrogens with two attached hydrogens (primary N) is 1. The summed E-state index contributed by atoms with van der Waals surface area (Å²) in [6.45, 7) is 0. The normalized spacial score (nSPS) is 11.2. The van der Waals surface area contributed by atoms with E-state index in [2.05, 4.69) is 72.8 Å². The van der Waals surface area contributed by atoms with Crippen LogP contribution in [0.1, 0.15) is 29.5 Å². The second-order valence-electron chi connectivity index (χ2n) is 6.20. The molecule has 3 aromatic carbocycles. The Morgan fingerprint density at radius 3 is 1.46 bits per heavy atom. The summed E-state index contributed by atoms with van der Waals surface area (Å²) in [6, 6.07) is 31.7. The summed E-state index contributed by atoms with van der Waals surface area (Å²) in [5, 5.41) is 0. The molecular weight excluding hydrogens is 338 g/mol. The lowest BCUT2D eigenvalue weighted by molar-refractivity contribution is -0.118. The molecule has 132 valence electrons. The summed E-state index contributed by atoms with van der Waals surface area (Å²) in [5.41, 5.74) is 9.04. The Bertz CT molecular complexity index is 722. The van der Waals surface area contributed by atoms with Gasteiger partial charge in [0.25, 0.3) is 0 Å². The third-order valence-electron chi connectivity index (χ3n) is 4.43. The minimum absolute atomic E-state index is 0.240. The van der Waals surface area contributed by atoms with Crippen LogP contribution in [-0.2, 0) is 9.54 Å². The quantitative estimate of drug-likeness (QED) is 0.454. The maximum absolute atomic E-state index is 11.1. The van der Waals surface area contributed by atoms with Crippen molar-refractivity contribution in [2.45, 2.75) is 17.6 Å². The highest BCUT2D eigenvalue weighted by Crippen LogP contribution is 2.48. The van der Waals surface area contributed by atoms with Crippen LogP contribution in [0.4, 0.5) is 0 Å². The predicted octanol–water partition coefficient (Wildman–Crippen LogP) is 4.98. The van der Waals surface area contributed by atoms with E-state index in [0.717, 1.165) is 12.2 Å². The van der Waals surface area contributed by atoms with E-state index in [1.807, 2.05) is 30.0 Å². The number of primary amides is 1. The number of carbonyl (C=O) groups is 1. The van der Waals surface area contributed by atoms with Gasteiger partial charge in [-0.2, -0.15) is 0 Å². The van der Waals surface area contributed by atoms with Gasteiger partial charge in [0, 0.05) is 6.42 Å². The SMILES string of the molecule is NC(=O)CCCSC(c1ccccc1)(c1ccccc1)c1ccccc1. The van der Waals surface area contributed by atoms with Crippen LogP contribution in [-0.4, -0.2) is 11.7 Å². The molecule has 2 nitrogen and oxygen atoms in total. The Kier molecular flexibility index (Phi) is 6.13. The van der Waals surface area contributed by atoms with E-state index in [9.17, 15) is 4.79 Å². The van der Waals surface area contributed by atoms with Crippen molar-refractivity contribution in [3.05, 3.63) is 108 Å². The molecule has 0 unspecified atom stereocenters. The van der Waals surface area contributed by atoms with Crippen LogP contribution in [0.25, 0.3) is 0 Å². The number of rotatable bonds is 8. The fourth-order valence-corrected chi connectivity index (χ4v) is 4.74. The van der Waals surface area contributed by atoms with Gasteiger partial charge in [-0.3, -0.25) is 4.79 Å². The van der Waals surface area contributed by atoms with Crippen LogP contribution in [0, 0.1) is 0 Å². The van der Waals surface area contributed by atoms with Gasteiger partial charge >= 0.3 is 0 Å². The first-order chi connectivity index (χ1) is 12.7. The molecule has 3 rings (SSSR count).